The summed E-state index contributed by atoms with van der Waals surface area (Å²) in [5.41, 5.74) is 0. The lowest BCUT2D eigenvalue weighted by Gasteiger charge is -2.06. The highest BCUT2D eigenvalue weighted by Gasteiger charge is 1.96. The molecule has 1 heterocycles. The number of furan rings is 1. The molecule has 0 aliphatic heterocycles. The third-order valence-electron chi connectivity index (χ3n) is 1.41. The molecule has 0 aliphatic carbocycles. The van der Waals surface area contributed by atoms with Gasteiger partial charge in [0.2, 0.25) is 0 Å². The van der Waals surface area contributed by atoms with Crippen molar-refractivity contribution in [2.24, 2.45) is 0 Å². The van der Waals surface area contributed by atoms with Crippen LogP contribution in [0.15, 0.2) is 35.5 Å². The Morgan fingerprint density at radius 1 is 1.62 bits per heavy atom. The second kappa shape index (κ2) is 5.37. The molecule has 1 aromatic heterocycles. The first-order chi connectivity index (χ1) is 6.33. The predicted molar refractivity (Wildman–Crippen MR) is 56.3 cm³/mol. The van der Waals surface area contributed by atoms with Gasteiger partial charge in [-0.1, -0.05) is 6.08 Å². The van der Waals surface area contributed by atoms with Gasteiger partial charge in [0.05, 0.1) is 12.8 Å². The highest BCUT2D eigenvalue weighted by Crippen LogP contribution is 1.97. The summed E-state index contributed by atoms with van der Waals surface area (Å²) >= 11 is 4.98. The lowest BCUT2D eigenvalue weighted by atomic mass is 10.4. The fourth-order valence-electron chi connectivity index (χ4n) is 0.808. The Morgan fingerprint density at radius 3 is 3.08 bits per heavy atom. The number of nitrogens with one attached hydrogen (secondary N) is 2. The molecule has 1 rings (SSSR count). The summed E-state index contributed by atoms with van der Waals surface area (Å²) in [6.07, 6.45) is 3.39. The summed E-state index contributed by atoms with van der Waals surface area (Å²) < 4.78 is 5.12. The van der Waals surface area contributed by atoms with E-state index in [2.05, 4.69) is 17.2 Å². The SMILES string of the molecule is C=CCNC(=S)NCc1ccco1. The van der Waals surface area contributed by atoms with Crippen molar-refractivity contribution in [1.82, 2.24) is 10.6 Å². The van der Waals surface area contributed by atoms with Crippen molar-refractivity contribution in [2.45, 2.75) is 6.54 Å². The van der Waals surface area contributed by atoms with Crippen LogP contribution in [0.3, 0.4) is 0 Å². The third-order valence-corrected chi connectivity index (χ3v) is 1.70. The summed E-state index contributed by atoms with van der Waals surface area (Å²) in [7, 11) is 0. The second-order valence-electron chi connectivity index (χ2n) is 2.43. The molecule has 4 heteroatoms. The zero-order valence-electron chi connectivity index (χ0n) is 7.25. The minimum atomic E-state index is 0.607. The standard InChI is InChI=1S/C9H12N2OS/c1-2-5-10-9(13)11-7-8-4-3-6-12-8/h2-4,6H,1,5,7H2,(H2,10,11,13). The molecular formula is C9H12N2OS. The highest BCUT2D eigenvalue weighted by atomic mass is 32.1. The van der Waals surface area contributed by atoms with Crippen molar-refractivity contribution >= 4 is 17.3 Å². The molecule has 0 unspecified atom stereocenters. The summed E-state index contributed by atoms with van der Waals surface area (Å²) in [6, 6.07) is 3.74. The normalized spacial score (nSPS) is 9.23. The van der Waals surface area contributed by atoms with E-state index in [1.54, 1.807) is 12.3 Å². The van der Waals surface area contributed by atoms with E-state index in [4.69, 9.17) is 16.6 Å². The Labute approximate surface area is 82.8 Å². The first-order valence-electron chi connectivity index (χ1n) is 3.98. The molecule has 0 fully saturated rings. The van der Waals surface area contributed by atoms with Gasteiger partial charge in [-0.05, 0) is 24.4 Å². The smallest absolute Gasteiger partial charge is 0.166 e. The van der Waals surface area contributed by atoms with Crippen molar-refractivity contribution < 1.29 is 4.42 Å². The van der Waals surface area contributed by atoms with Gasteiger partial charge in [-0.3, -0.25) is 0 Å². The molecular weight excluding hydrogens is 184 g/mol. The molecule has 2 N–H and O–H groups in total. The summed E-state index contributed by atoms with van der Waals surface area (Å²) in [5, 5.41) is 6.56. The summed E-state index contributed by atoms with van der Waals surface area (Å²) in [4.78, 5) is 0. The molecule has 0 saturated carbocycles. The Kier molecular flexibility index (Phi) is 4.05. The van der Waals surface area contributed by atoms with E-state index >= 15 is 0 Å². The number of hydrogen-bond acceptors (Lipinski definition) is 2. The van der Waals surface area contributed by atoms with Crippen LogP contribution < -0.4 is 10.6 Å². The maximum Gasteiger partial charge on any atom is 0.166 e. The molecule has 0 spiro atoms. The average Bonchev–Trinajstić information content (AvgIpc) is 2.64. The van der Waals surface area contributed by atoms with Crippen LogP contribution in [0.25, 0.3) is 0 Å². The zero-order chi connectivity index (χ0) is 9.52. The van der Waals surface area contributed by atoms with Crippen LogP contribution in [0.4, 0.5) is 0 Å². The molecule has 0 amide bonds. The van der Waals surface area contributed by atoms with Crippen molar-refractivity contribution in [3.63, 3.8) is 0 Å². The maximum absolute atomic E-state index is 5.12. The molecule has 13 heavy (non-hydrogen) atoms. The molecule has 0 saturated heterocycles. The van der Waals surface area contributed by atoms with Gasteiger partial charge >= 0.3 is 0 Å². The topological polar surface area (TPSA) is 37.2 Å². The molecule has 3 nitrogen and oxygen atoms in total. The Morgan fingerprint density at radius 2 is 2.46 bits per heavy atom. The van der Waals surface area contributed by atoms with Gasteiger partial charge in [-0.15, -0.1) is 6.58 Å². The quantitative estimate of drug-likeness (QED) is 0.564. The minimum Gasteiger partial charge on any atom is -0.467 e. The molecule has 0 radical (unpaired) electrons. The molecule has 70 valence electrons. The summed E-state index contributed by atoms with van der Waals surface area (Å²) in [5.74, 6) is 0.864. The first kappa shape index (κ1) is 9.80. The van der Waals surface area contributed by atoms with E-state index in [1.807, 2.05) is 12.1 Å². The van der Waals surface area contributed by atoms with Gasteiger partial charge in [0.15, 0.2) is 5.11 Å². The van der Waals surface area contributed by atoms with Crippen molar-refractivity contribution in [1.29, 1.82) is 0 Å². The van der Waals surface area contributed by atoms with Gasteiger partial charge in [-0.25, -0.2) is 0 Å². The van der Waals surface area contributed by atoms with Gasteiger partial charge in [-0.2, -0.15) is 0 Å². The van der Waals surface area contributed by atoms with E-state index in [9.17, 15) is 0 Å². The van der Waals surface area contributed by atoms with Crippen LogP contribution in [0.1, 0.15) is 5.76 Å². The largest absolute Gasteiger partial charge is 0.467 e. The number of hydrogen-bond donors (Lipinski definition) is 2. The average molecular weight is 196 g/mol. The minimum absolute atomic E-state index is 0.607. The van der Waals surface area contributed by atoms with Crippen molar-refractivity contribution in [3.05, 3.63) is 36.8 Å². The van der Waals surface area contributed by atoms with Crippen LogP contribution in [-0.4, -0.2) is 11.7 Å². The zero-order valence-corrected chi connectivity index (χ0v) is 8.06. The fraction of sp³-hybridized carbons (Fsp3) is 0.222. The van der Waals surface area contributed by atoms with Crippen LogP contribution in [0.5, 0.6) is 0 Å². The maximum atomic E-state index is 5.12. The van der Waals surface area contributed by atoms with Crippen molar-refractivity contribution in [3.8, 4) is 0 Å². The Bertz CT molecular complexity index is 269. The van der Waals surface area contributed by atoms with Crippen LogP contribution in [-0.2, 0) is 6.54 Å². The second-order valence-corrected chi connectivity index (χ2v) is 2.84. The summed E-state index contributed by atoms with van der Waals surface area (Å²) in [6.45, 7) is 4.85. The van der Waals surface area contributed by atoms with E-state index in [0.29, 0.717) is 18.2 Å². The molecule has 0 aliphatic rings. The fourth-order valence-corrected chi connectivity index (χ4v) is 0.963. The molecule has 0 aromatic carbocycles. The van der Waals surface area contributed by atoms with Gasteiger partial charge in [0.25, 0.3) is 0 Å². The molecule has 1 aromatic rings. The lowest BCUT2D eigenvalue weighted by Crippen LogP contribution is -2.34. The van der Waals surface area contributed by atoms with Crippen LogP contribution in [0.2, 0.25) is 0 Å². The van der Waals surface area contributed by atoms with Crippen molar-refractivity contribution in [2.75, 3.05) is 6.54 Å². The van der Waals surface area contributed by atoms with E-state index in [-0.39, 0.29) is 0 Å². The monoisotopic (exact) mass is 196 g/mol. The van der Waals surface area contributed by atoms with Gasteiger partial charge in [0, 0.05) is 6.54 Å². The first-order valence-corrected chi connectivity index (χ1v) is 4.38. The number of thiocarbonyl (C=S) groups is 1. The van der Waals surface area contributed by atoms with E-state index < -0.39 is 0 Å². The number of rotatable bonds is 4. The Hall–Kier alpha value is -1.29. The molecule has 0 bridgehead atoms. The molecule has 0 atom stereocenters. The van der Waals surface area contributed by atoms with Gasteiger partial charge in [0.1, 0.15) is 5.76 Å². The van der Waals surface area contributed by atoms with Gasteiger partial charge < -0.3 is 15.1 Å². The van der Waals surface area contributed by atoms with Crippen LogP contribution >= 0.6 is 12.2 Å². The van der Waals surface area contributed by atoms with Crippen LogP contribution in [0, 0.1) is 0 Å². The Balaban J connectivity index is 2.19. The van der Waals surface area contributed by atoms with E-state index in [0.717, 1.165) is 5.76 Å². The predicted octanol–water partition coefficient (Wildman–Crippen LogP) is 1.43. The lowest BCUT2D eigenvalue weighted by molar-refractivity contribution is 0.502. The highest BCUT2D eigenvalue weighted by molar-refractivity contribution is 7.80. The van der Waals surface area contributed by atoms with E-state index in [1.165, 1.54) is 0 Å². The third kappa shape index (κ3) is 3.75.